The Balaban J connectivity index is 2.61. The smallest absolute Gasteiger partial charge is 0.211 e. The molecule has 0 heterocycles. The van der Waals surface area contributed by atoms with Crippen molar-refractivity contribution in [2.45, 2.75) is 45.1 Å². The van der Waals surface area contributed by atoms with E-state index in [1.165, 1.54) is 0 Å². The number of sulfonamides is 1. The van der Waals surface area contributed by atoms with Gasteiger partial charge in [-0.25, -0.2) is 13.1 Å². The van der Waals surface area contributed by atoms with Gasteiger partial charge < -0.3 is 0 Å². The minimum Gasteiger partial charge on any atom is -0.212 e. The Morgan fingerprint density at radius 2 is 1.83 bits per heavy atom. The lowest BCUT2D eigenvalue weighted by molar-refractivity contribution is 0.428. The Kier molecular flexibility index (Phi) is 2.78. The van der Waals surface area contributed by atoms with Gasteiger partial charge in [0.25, 0.3) is 0 Å². The van der Waals surface area contributed by atoms with Gasteiger partial charge in [-0.2, -0.15) is 0 Å². The topological polar surface area (TPSA) is 46.2 Å². The molecule has 4 heteroatoms. The lowest BCUT2D eigenvalue weighted by atomic mass is 10.0. The van der Waals surface area contributed by atoms with Crippen LogP contribution in [0.4, 0.5) is 0 Å². The number of nitrogens with one attached hydrogen (secondary N) is 1. The molecule has 12 heavy (non-hydrogen) atoms. The highest BCUT2D eigenvalue weighted by Crippen LogP contribution is 2.29. The molecular formula is C8H17NO2S. The molecule has 0 bridgehead atoms. The fourth-order valence-corrected chi connectivity index (χ4v) is 2.80. The van der Waals surface area contributed by atoms with E-state index in [-0.39, 0.29) is 11.3 Å². The van der Waals surface area contributed by atoms with Crippen LogP contribution in [0.1, 0.15) is 39.5 Å². The van der Waals surface area contributed by atoms with E-state index in [4.69, 9.17) is 0 Å². The van der Waals surface area contributed by atoms with Crippen LogP contribution in [0.3, 0.4) is 0 Å². The number of hydrogen-bond acceptors (Lipinski definition) is 2. The first-order chi connectivity index (χ1) is 5.47. The maximum absolute atomic E-state index is 11.2. The van der Waals surface area contributed by atoms with E-state index in [1.807, 2.05) is 6.92 Å². The quantitative estimate of drug-likeness (QED) is 0.730. The molecule has 0 spiro atoms. The molecule has 0 aliphatic heterocycles. The zero-order valence-electron chi connectivity index (χ0n) is 7.76. The van der Waals surface area contributed by atoms with Crippen LogP contribution in [0.5, 0.6) is 0 Å². The van der Waals surface area contributed by atoms with Crippen molar-refractivity contribution in [3.8, 4) is 0 Å². The number of hydrogen-bond donors (Lipinski definition) is 1. The molecule has 0 aromatic heterocycles. The molecule has 3 nitrogen and oxygen atoms in total. The third-order valence-corrected chi connectivity index (χ3v) is 4.05. The minimum atomic E-state index is -3.01. The van der Waals surface area contributed by atoms with E-state index in [0.717, 1.165) is 25.7 Å². The van der Waals surface area contributed by atoms with E-state index in [0.29, 0.717) is 0 Å². The molecule has 1 aliphatic rings. The van der Waals surface area contributed by atoms with Crippen molar-refractivity contribution in [2.75, 3.05) is 5.75 Å². The molecule has 0 atom stereocenters. The first-order valence-electron chi connectivity index (χ1n) is 4.49. The molecule has 0 radical (unpaired) electrons. The summed E-state index contributed by atoms with van der Waals surface area (Å²) in [7, 11) is -3.01. The summed E-state index contributed by atoms with van der Waals surface area (Å²) in [5, 5.41) is 0. The summed E-state index contributed by atoms with van der Waals surface area (Å²) in [6.45, 7) is 3.66. The van der Waals surface area contributed by atoms with Crippen molar-refractivity contribution in [2.24, 2.45) is 0 Å². The van der Waals surface area contributed by atoms with Crippen molar-refractivity contribution < 1.29 is 8.42 Å². The van der Waals surface area contributed by atoms with Gasteiger partial charge in [0.2, 0.25) is 10.0 Å². The molecule has 1 rings (SSSR count). The van der Waals surface area contributed by atoms with Gasteiger partial charge >= 0.3 is 0 Å². The Labute approximate surface area is 74.6 Å². The first kappa shape index (κ1) is 9.99. The summed E-state index contributed by atoms with van der Waals surface area (Å²) < 4.78 is 25.3. The zero-order valence-corrected chi connectivity index (χ0v) is 8.58. The van der Waals surface area contributed by atoms with E-state index in [9.17, 15) is 8.42 Å². The van der Waals surface area contributed by atoms with Gasteiger partial charge in [0.15, 0.2) is 0 Å². The van der Waals surface area contributed by atoms with Crippen LogP contribution in [0, 0.1) is 0 Å². The summed E-state index contributed by atoms with van der Waals surface area (Å²) >= 11 is 0. The second-order valence-corrected chi connectivity index (χ2v) is 5.78. The predicted molar refractivity (Wildman–Crippen MR) is 49.5 cm³/mol. The first-order valence-corrected chi connectivity index (χ1v) is 6.14. The molecule has 72 valence electrons. The summed E-state index contributed by atoms with van der Waals surface area (Å²) in [5.74, 6) is 0.183. The predicted octanol–water partition coefficient (Wildman–Crippen LogP) is 1.26. The Morgan fingerprint density at radius 3 is 2.25 bits per heavy atom. The van der Waals surface area contributed by atoms with Gasteiger partial charge in [0.05, 0.1) is 5.75 Å². The maximum atomic E-state index is 11.2. The van der Waals surface area contributed by atoms with Gasteiger partial charge in [-0.1, -0.05) is 12.8 Å². The second kappa shape index (κ2) is 3.34. The van der Waals surface area contributed by atoms with Crippen molar-refractivity contribution in [3.63, 3.8) is 0 Å². The zero-order chi connectivity index (χ0) is 9.24. The van der Waals surface area contributed by atoms with Crippen molar-refractivity contribution in [1.82, 2.24) is 4.72 Å². The molecule has 0 amide bonds. The Hall–Kier alpha value is -0.0900. The van der Waals surface area contributed by atoms with E-state index in [2.05, 4.69) is 4.72 Å². The maximum Gasteiger partial charge on any atom is 0.211 e. The van der Waals surface area contributed by atoms with Gasteiger partial charge in [0.1, 0.15) is 0 Å². The Morgan fingerprint density at radius 1 is 1.33 bits per heavy atom. The summed E-state index contributed by atoms with van der Waals surface area (Å²) in [5.41, 5.74) is -0.158. The van der Waals surface area contributed by atoms with Crippen LogP contribution in [0.15, 0.2) is 0 Å². The van der Waals surface area contributed by atoms with Crippen LogP contribution >= 0.6 is 0 Å². The molecule has 1 fully saturated rings. The molecule has 0 aromatic carbocycles. The fourth-order valence-electron chi connectivity index (χ4n) is 1.70. The monoisotopic (exact) mass is 191 g/mol. The van der Waals surface area contributed by atoms with Crippen LogP contribution in [-0.4, -0.2) is 19.7 Å². The highest BCUT2D eigenvalue weighted by molar-refractivity contribution is 7.89. The van der Waals surface area contributed by atoms with E-state index < -0.39 is 10.0 Å². The molecule has 1 aliphatic carbocycles. The molecule has 0 saturated heterocycles. The van der Waals surface area contributed by atoms with Crippen molar-refractivity contribution in [3.05, 3.63) is 0 Å². The molecule has 0 aromatic rings. The van der Waals surface area contributed by atoms with Gasteiger partial charge in [-0.15, -0.1) is 0 Å². The Bertz CT molecular complexity index is 240. The van der Waals surface area contributed by atoms with E-state index in [1.54, 1.807) is 6.92 Å². The largest absolute Gasteiger partial charge is 0.212 e. The number of rotatable bonds is 3. The lowest BCUT2D eigenvalue weighted by Gasteiger charge is -2.24. The van der Waals surface area contributed by atoms with Crippen LogP contribution in [-0.2, 0) is 10.0 Å². The molecular weight excluding hydrogens is 174 g/mol. The summed E-state index contributed by atoms with van der Waals surface area (Å²) in [6, 6.07) is 0. The van der Waals surface area contributed by atoms with Crippen LogP contribution in [0.2, 0.25) is 0 Å². The van der Waals surface area contributed by atoms with Crippen LogP contribution in [0.25, 0.3) is 0 Å². The van der Waals surface area contributed by atoms with Crippen LogP contribution < -0.4 is 4.72 Å². The lowest BCUT2D eigenvalue weighted by Crippen LogP contribution is -2.44. The third-order valence-electron chi connectivity index (χ3n) is 2.49. The summed E-state index contributed by atoms with van der Waals surface area (Å²) in [4.78, 5) is 0. The molecule has 1 N–H and O–H groups in total. The molecule has 0 unspecified atom stereocenters. The van der Waals surface area contributed by atoms with Gasteiger partial charge in [-0.05, 0) is 26.7 Å². The average molecular weight is 191 g/mol. The second-order valence-electron chi connectivity index (χ2n) is 3.77. The van der Waals surface area contributed by atoms with Gasteiger partial charge in [-0.3, -0.25) is 0 Å². The van der Waals surface area contributed by atoms with Crippen molar-refractivity contribution in [1.29, 1.82) is 0 Å². The standard InChI is InChI=1S/C8H17NO2S/c1-3-12(10,11)9-8(2)6-4-5-7-8/h9H,3-7H2,1-2H3. The average Bonchev–Trinajstić information content (AvgIpc) is 2.35. The SMILES string of the molecule is CCS(=O)(=O)NC1(C)CCCC1. The fraction of sp³-hybridized carbons (Fsp3) is 1.00. The highest BCUT2D eigenvalue weighted by atomic mass is 32.2. The minimum absolute atomic E-state index is 0.158. The highest BCUT2D eigenvalue weighted by Gasteiger charge is 2.31. The van der Waals surface area contributed by atoms with Crippen molar-refractivity contribution >= 4 is 10.0 Å². The normalized spacial score (nSPS) is 22.8. The summed E-state index contributed by atoms with van der Waals surface area (Å²) in [6.07, 6.45) is 4.24. The van der Waals surface area contributed by atoms with E-state index >= 15 is 0 Å². The third kappa shape index (κ3) is 2.45. The molecule has 1 saturated carbocycles. The van der Waals surface area contributed by atoms with Gasteiger partial charge in [0, 0.05) is 5.54 Å².